The maximum absolute atomic E-state index is 12.6. The summed E-state index contributed by atoms with van der Waals surface area (Å²) >= 11 is 0. The van der Waals surface area contributed by atoms with Crippen LogP contribution in [-0.4, -0.2) is 23.9 Å². The van der Waals surface area contributed by atoms with Crippen LogP contribution in [0.15, 0.2) is 65.9 Å². The van der Waals surface area contributed by atoms with Crippen molar-refractivity contribution in [3.63, 3.8) is 0 Å². The minimum atomic E-state index is -0.664. The van der Waals surface area contributed by atoms with Gasteiger partial charge in [0.15, 0.2) is 11.5 Å². The standard InChI is InChI=1S/C19H17NO4/c1-12(21)16-17(13-7-4-3-5-8-13)20(19(23)18(16)22)14-9-6-10-15(11-14)24-2/h3-11,17,22H,1-2H3/t17-/m1/s1. The Kier molecular flexibility index (Phi) is 4.08. The van der Waals surface area contributed by atoms with Crippen LogP contribution in [0.5, 0.6) is 5.75 Å². The number of nitrogens with zero attached hydrogens (tertiary/aromatic N) is 1. The number of anilines is 1. The van der Waals surface area contributed by atoms with Gasteiger partial charge in [-0.2, -0.15) is 0 Å². The van der Waals surface area contributed by atoms with E-state index in [1.54, 1.807) is 24.3 Å². The number of carbonyl (C=O) groups excluding carboxylic acids is 2. The zero-order valence-corrected chi connectivity index (χ0v) is 13.4. The van der Waals surface area contributed by atoms with Gasteiger partial charge in [0.2, 0.25) is 0 Å². The Bertz CT molecular complexity index is 826. The second-order valence-corrected chi connectivity index (χ2v) is 5.51. The first-order valence-corrected chi connectivity index (χ1v) is 7.51. The van der Waals surface area contributed by atoms with Gasteiger partial charge >= 0.3 is 0 Å². The Balaban J connectivity index is 2.17. The Morgan fingerprint density at radius 3 is 2.46 bits per heavy atom. The monoisotopic (exact) mass is 323 g/mol. The predicted octanol–water partition coefficient (Wildman–Crippen LogP) is 3.18. The van der Waals surface area contributed by atoms with Crippen LogP contribution in [0.4, 0.5) is 5.69 Å². The number of benzene rings is 2. The Morgan fingerprint density at radius 2 is 1.83 bits per heavy atom. The molecule has 0 saturated heterocycles. The fraction of sp³-hybridized carbons (Fsp3) is 0.158. The molecule has 5 nitrogen and oxygen atoms in total. The van der Waals surface area contributed by atoms with Crippen LogP contribution < -0.4 is 9.64 Å². The number of aliphatic hydroxyl groups excluding tert-OH is 1. The van der Waals surface area contributed by atoms with Crippen molar-refractivity contribution in [2.75, 3.05) is 12.0 Å². The van der Waals surface area contributed by atoms with E-state index in [0.29, 0.717) is 11.4 Å². The lowest BCUT2D eigenvalue weighted by molar-refractivity contribution is -0.117. The lowest BCUT2D eigenvalue weighted by Gasteiger charge is -2.27. The quantitative estimate of drug-likeness (QED) is 0.938. The Labute approximate surface area is 139 Å². The minimum absolute atomic E-state index is 0.106. The van der Waals surface area contributed by atoms with Gasteiger partial charge in [0.25, 0.3) is 5.91 Å². The lowest BCUT2D eigenvalue weighted by Crippen LogP contribution is -2.30. The number of aliphatic hydroxyl groups is 1. The molecule has 122 valence electrons. The van der Waals surface area contributed by atoms with Crippen LogP contribution in [0.25, 0.3) is 0 Å². The van der Waals surface area contributed by atoms with Gasteiger partial charge in [0.1, 0.15) is 5.75 Å². The fourth-order valence-electron chi connectivity index (χ4n) is 2.94. The van der Waals surface area contributed by atoms with Gasteiger partial charge in [-0.05, 0) is 24.6 Å². The van der Waals surface area contributed by atoms with Gasteiger partial charge in [0.05, 0.1) is 18.7 Å². The van der Waals surface area contributed by atoms with Gasteiger partial charge in [-0.25, -0.2) is 0 Å². The summed E-state index contributed by atoms with van der Waals surface area (Å²) in [7, 11) is 1.54. The second kappa shape index (κ2) is 6.20. The highest BCUT2D eigenvalue weighted by Gasteiger charge is 2.43. The second-order valence-electron chi connectivity index (χ2n) is 5.51. The summed E-state index contributed by atoms with van der Waals surface area (Å²) in [6.45, 7) is 1.35. The third-order valence-corrected chi connectivity index (χ3v) is 4.03. The predicted molar refractivity (Wildman–Crippen MR) is 90.0 cm³/mol. The van der Waals surface area contributed by atoms with Crippen LogP contribution in [0.1, 0.15) is 18.5 Å². The van der Waals surface area contributed by atoms with Crippen molar-refractivity contribution < 1.29 is 19.4 Å². The van der Waals surface area contributed by atoms with Crippen LogP contribution in [0, 0.1) is 0 Å². The maximum atomic E-state index is 12.6. The number of ether oxygens (including phenoxy) is 1. The topological polar surface area (TPSA) is 66.8 Å². The molecule has 2 aromatic carbocycles. The molecule has 1 aliphatic heterocycles. The highest BCUT2D eigenvalue weighted by atomic mass is 16.5. The minimum Gasteiger partial charge on any atom is -0.503 e. The molecule has 1 amide bonds. The number of hydrogen-bond acceptors (Lipinski definition) is 4. The first-order chi connectivity index (χ1) is 11.5. The molecular weight excluding hydrogens is 306 g/mol. The summed E-state index contributed by atoms with van der Waals surface area (Å²) in [6.07, 6.45) is 0. The van der Waals surface area contributed by atoms with Crippen molar-refractivity contribution in [1.82, 2.24) is 0 Å². The molecule has 2 aromatic rings. The van der Waals surface area contributed by atoms with E-state index >= 15 is 0 Å². The summed E-state index contributed by atoms with van der Waals surface area (Å²) in [4.78, 5) is 26.1. The summed E-state index contributed by atoms with van der Waals surface area (Å²) in [5.41, 5.74) is 1.41. The van der Waals surface area contributed by atoms with Gasteiger partial charge < -0.3 is 9.84 Å². The van der Waals surface area contributed by atoms with Crippen molar-refractivity contribution in [2.24, 2.45) is 0 Å². The molecule has 0 saturated carbocycles. The van der Waals surface area contributed by atoms with Crippen LogP contribution in [0.2, 0.25) is 0 Å². The SMILES string of the molecule is COc1cccc(N2C(=O)C(O)=C(C(C)=O)[C@H]2c2ccccc2)c1. The van der Waals surface area contributed by atoms with Crippen molar-refractivity contribution in [3.05, 3.63) is 71.5 Å². The Hall–Kier alpha value is -3.08. The van der Waals surface area contributed by atoms with E-state index in [9.17, 15) is 14.7 Å². The molecule has 0 aromatic heterocycles. The smallest absolute Gasteiger partial charge is 0.294 e. The van der Waals surface area contributed by atoms with Crippen molar-refractivity contribution >= 4 is 17.4 Å². The summed E-state index contributed by atoms with van der Waals surface area (Å²) < 4.78 is 5.21. The van der Waals surface area contributed by atoms with E-state index in [1.165, 1.54) is 18.9 Å². The van der Waals surface area contributed by atoms with E-state index in [1.807, 2.05) is 30.3 Å². The lowest BCUT2D eigenvalue weighted by atomic mass is 9.96. The maximum Gasteiger partial charge on any atom is 0.294 e. The average Bonchev–Trinajstić information content (AvgIpc) is 2.87. The molecular formula is C19H17NO4. The molecule has 1 heterocycles. The first kappa shape index (κ1) is 15.8. The van der Waals surface area contributed by atoms with Gasteiger partial charge in [0, 0.05) is 11.8 Å². The number of carbonyl (C=O) groups is 2. The number of Topliss-reactive ketones (excluding diaryl/α,β-unsaturated/α-hetero) is 1. The number of amides is 1. The zero-order chi connectivity index (χ0) is 17.3. The van der Waals surface area contributed by atoms with Crippen LogP contribution in [0.3, 0.4) is 0 Å². The molecule has 1 atom stereocenters. The molecule has 0 aliphatic carbocycles. The van der Waals surface area contributed by atoms with Gasteiger partial charge in [-0.3, -0.25) is 14.5 Å². The average molecular weight is 323 g/mol. The molecule has 0 bridgehead atoms. The largest absolute Gasteiger partial charge is 0.503 e. The highest BCUT2D eigenvalue weighted by Crippen LogP contribution is 2.41. The molecule has 0 fully saturated rings. The molecule has 1 aliphatic rings. The highest BCUT2D eigenvalue weighted by molar-refractivity contribution is 6.16. The van der Waals surface area contributed by atoms with Gasteiger partial charge in [-0.15, -0.1) is 0 Å². The van der Waals surface area contributed by atoms with Crippen molar-refractivity contribution in [1.29, 1.82) is 0 Å². The molecule has 1 N–H and O–H groups in total. The molecule has 24 heavy (non-hydrogen) atoms. The van der Waals surface area contributed by atoms with E-state index in [0.717, 1.165) is 5.56 Å². The molecule has 3 rings (SSSR count). The van der Waals surface area contributed by atoms with Crippen molar-refractivity contribution in [3.8, 4) is 5.75 Å². The summed E-state index contributed by atoms with van der Waals surface area (Å²) in [5, 5.41) is 10.3. The van der Waals surface area contributed by atoms with Crippen molar-refractivity contribution in [2.45, 2.75) is 13.0 Å². The van der Waals surface area contributed by atoms with E-state index in [4.69, 9.17) is 4.74 Å². The third kappa shape index (κ3) is 2.54. The summed E-state index contributed by atoms with van der Waals surface area (Å²) in [5.74, 6) is -0.843. The first-order valence-electron chi connectivity index (χ1n) is 7.51. The third-order valence-electron chi connectivity index (χ3n) is 4.03. The zero-order valence-electron chi connectivity index (χ0n) is 13.4. The molecule has 5 heteroatoms. The number of ketones is 1. The van der Waals surface area contributed by atoms with Crippen LogP contribution in [-0.2, 0) is 9.59 Å². The normalized spacial score (nSPS) is 17.3. The Morgan fingerprint density at radius 1 is 1.12 bits per heavy atom. The van der Waals surface area contributed by atoms with E-state index < -0.39 is 17.7 Å². The molecule has 0 radical (unpaired) electrons. The van der Waals surface area contributed by atoms with Crippen LogP contribution >= 0.6 is 0 Å². The van der Waals surface area contributed by atoms with E-state index in [2.05, 4.69) is 0 Å². The number of rotatable bonds is 4. The fourth-order valence-corrected chi connectivity index (χ4v) is 2.94. The summed E-state index contributed by atoms with van der Waals surface area (Å²) in [6, 6.07) is 15.5. The molecule has 0 unspecified atom stereocenters. The number of methoxy groups -OCH3 is 1. The van der Waals surface area contributed by atoms with Gasteiger partial charge in [-0.1, -0.05) is 36.4 Å². The van der Waals surface area contributed by atoms with E-state index in [-0.39, 0.29) is 11.4 Å². The molecule has 0 spiro atoms. The number of hydrogen-bond donors (Lipinski definition) is 1.